The van der Waals surface area contributed by atoms with Gasteiger partial charge in [0, 0.05) is 24.6 Å². The van der Waals surface area contributed by atoms with Crippen LogP contribution < -0.4 is 16.5 Å². The van der Waals surface area contributed by atoms with Crippen molar-refractivity contribution in [2.24, 2.45) is 5.73 Å². The number of hydrogen-bond acceptors (Lipinski definition) is 5. The van der Waals surface area contributed by atoms with Crippen LogP contribution in [0.15, 0.2) is 79.1 Å². The molecule has 0 saturated carbocycles. The fourth-order valence-electron chi connectivity index (χ4n) is 3.10. The van der Waals surface area contributed by atoms with Crippen LogP contribution in [-0.4, -0.2) is 17.1 Å². The zero-order valence-corrected chi connectivity index (χ0v) is 17.0. The molecule has 1 atom stereocenters. The van der Waals surface area contributed by atoms with Crippen LogP contribution in [0.1, 0.15) is 40.7 Å². The summed E-state index contributed by atoms with van der Waals surface area (Å²) in [5.74, 6) is -0.326. The van der Waals surface area contributed by atoms with E-state index in [1.165, 1.54) is 5.56 Å². The maximum absolute atomic E-state index is 12.6. The number of nitrogens with two attached hydrogens (primary N) is 1. The molecule has 3 rings (SSSR count). The molecule has 0 bridgehead atoms. The van der Waals surface area contributed by atoms with E-state index < -0.39 is 6.23 Å². The summed E-state index contributed by atoms with van der Waals surface area (Å²) >= 11 is 0. The molecule has 1 heterocycles. The number of pyridine rings is 1. The Balaban J connectivity index is 1.41. The van der Waals surface area contributed by atoms with Crippen molar-refractivity contribution in [3.63, 3.8) is 0 Å². The van der Waals surface area contributed by atoms with Gasteiger partial charge in [-0.1, -0.05) is 42.5 Å². The molecule has 0 saturated heterocycles. The average molecular weight is 405 g/mol. The molecule has 0 spiro atoms. The van der Waals surface area contributed by atoms with Gasteiger partial charge in [-0.15, -0.1) is 0 Å². The van der Waals surface area contributed by atoms with Crippen LogP contribution in [-0.2, 0) is 17.8 Å². The van der Waals surface area contributed by atoms with E-state index in [1.807, 2.05) is 48.5 Å². The van der Waals surface area contributed by atoms with Gasteiger partial charge in [0.15, 0.2) is 0 Å². The summed E-state index contributed by atoms with van der Waals surface area (Å²) < 4.78 is 0. The summed E-state index contributed by atoms with van der Waals surface area (Å²) in [6.07, 6.45) is 6.58. The number of hydroxylamine groups is 1. The number of rotatable bonds is 11. The monoisotopic (exact) mass is 404 g/mol. The molecule has 1 aromatic heterocycles. The van der Waals surface area contributed by atoms with Crippen LogP contribution in [0, 0.1) is 0 Å². The van der Waals surface area contributed by atoms with Crippen molar-refractivity contribution >= 4 is 11.6 Å². The Kier molecular flexibility index (Phi) is 8.38. The molecule has 0 aliphatic rings. The first-order chi connectivity index (χ1) is 14.7. The Morgan fingerprint density at radius 1 is 0.933 bits per heavy atom. The lowest BCUT2D eigenvalue weighted by molar-refractivity contribution is -0.0174. The second kappa shape index (κ2) is 11.7. The van der Waals surface area contributed by atoms with Gasteiger partial charge in [0.1, 0.15) is 6.23 Å². The van der Waals surface area contributed by atoms with Gasteiger partial charge in [-0.3, -0.25) is 14.6 Å². The quantitative estimate of drug-likeness (QED) is 0.255. The van der Waals surface area contributed by atoms with Gasteiger partial charge in [0.2, 0.25) is 0 Å². The van der Waals surface area contributed by atoms with E-state index in [0.29, 0.717) is 18.5 Å². The van der Waals surface area contributed by atoms with Crippen LogP contribution in [0.5, 0.6) is 0 Å². The molecule has 30 heavy (non-hydrogen) atoms. The molecule has 6 heteroatoms. The highest BCUT2D eigenvalue weighted by atomic mass is 16.7. The molecule has 3 aromatic rings. The van der Waals surface area contributed by atoms with E-state index in [4.69, 9.17) is 10.6 Å². The van der Waals surface area contributed by atoms with Gasteiger partial charge >= 0.3 is 0 Å². The van der Waals surface area contributed by atoms with Gasteiger partial charge in [0.05, 0.1) is 5.56 Å². The average Bonchev–Trinajstić information content (AvgIpc) is 2.80. The minimum atomic E-state index is -0.540. The van der Waals surface area contributed by atoms with Gasteiger partial charge in [-0.25, -0.2) is 5.48 Å². The van der Waals surface area contributed by atoms with E-state index in [2.05, 4.69) is 27.9 Å². The second-order valence-corrected chi connectivity index (χ2v) is 7.07. The SMILES string of the molecule is NC(CCCCc1ccccc1)ONC(=O)c1ccccc1NCc1ccncc1. The fourth-order valence-corrected chi connectivity index (χ4v) is 3.10. The van der Waals surface area contributed by atoms with Crippen LogP contribution in [0.2, 0.25) is 0 Å². The molecular weight excluding hydrogens is 376 g/mol. The van der Waals surface area contributed by atoms with Gasteiger partial charge in [-0.05, 0) is 61.1 Å². The van der Waals surface area contributed by atoms with E-state index in [0.717, 1.165) is 30.5 Å². The molecule has 1 unspecified atom stereocenters. The number of unbranched alkanes of at least 4 members (excludes halogenated alkanes) is 1. The lowest BCUT2D eigenvalue weighted by Gasteiger charge is -2.15. The maximum atomic E-state index is 12.6. The third-order valence-electron chi connectivity index (χ3n) is 4.75. The molecule has 0 radical (unpaired) electrons. The van der Waals surface area contributed by atoms with E-state index in [1.54, 1.807) is 18.5 Å². The van der Waals surface area contributed by atoms with Crippen molar-refractivity contribution in [1.82, 2.24) is 10.5 Å². The number of amides is 1. The van der Waals surface area contributed by atoms with Crippen molar-refractivity contribution < 1.29 is 9.63 Å². The summed E-state index contributed by atoms with van der Waals surface area (Å²) in [7, 11) is 0. The molecule has 1 amide bonds. The number of para-hydroxylation sites is 1. The summed E-state index contributed by atoms with van der Waals surface area (Å²) in [5, 5.41) is 3.28. The minimum absolute atomic E-state index is 0.326. The van der Waals surface area contributed by atoms with Crippen molar-refractivity contribution in [2.75, 3.05) is 5.32 Å². The topological polar surface area (TPSA) is 89.3 Å². The molecule has 0 fully saturated rings. The Bertz CT molecular complexity index is 903. The van der Waals surface area contributed by atoms with Crippen LogP contribution in [0.25, 0.3) is 0 Å². The highest BCUT2D eigenvalue weighted by Crippen LogP contribution is 2.16. The van der Waals surface area contributed by atoms with Gasteiger partial charge < -0.3 is 11.1 Å². The number of carbonyl (C=O) groups is 1. The summed E-state index contributed by atoms with van der Waals surface area (Å²) in [4.78, 5) is 21.9. The Hall–Kier alpha value is -3.22. The smallest absolute Gasteiger partial charge is 0.276 e. The zero-order chi connectivity index (χ0) is 21.0. The first kappa shape index (κ1) is 21.5. The third kappa shape index (κ3) is 6.99. The van der Waals surface area contributed by atoms with Crippen molar-refractivity contribution in [1.29, 1.82) is 0 Å². The summed E-state index contributed by atoms with van der Waals surface area (Å²) in [5.41, 5.74) is 12.1. The fraction of sp³-hybridized carbons (Fsp3) is 0.250. The van der Waals surface area contributed by atoms with Gasteiger partial charge in [-0.2, -0.15) is 0 Å². The first-order valence-electron chi connectivity index (χ1n) is 10.2. The second-order valence-electron chi connectivity index (χ2n) is 7.07. The number of aryl methyl sites for hydroxylation is 1. The lowest BCUT2D eigenvalue weighted by Crippen LogP contribution is -2.35. The number of benzene rings is 2. The number of anilines is 1. The number of nitrogens with one attached hydrogen (secondary N) is 2. The maximum Gasteiger partial charge on any atom is 0.276 e. The lowest BCUT2D eigenvalue weighted by atomic mass is 10.1. The van der Waals surface area contributed by atoms with E-state index >= 15 is 0 Å². The molecule has 6 nitrogen and oxygen atoms in total. The molecular formula is C24H28N4O2. The first-order valence-corrected chi connectivity index (χ1v) is 10.2. The predicted molar refractivity (Wildman–Crippen MR) is 119 cm³/mol. The predicted octanol–water partition coefficient (Wildman–Crippen LogP) is 4.05. The van der Waals surface area contributed by atoms with E-state index in [9.17, 15) is 4.79 Å². The van der Waals surface area contributed by atoms with Crippen LogP contribution in [0.3, 0.4) is 0 Å². The standard InChI is InChI=1S/C24H28N4O2/c25-23(13-7-4-10-19-8-2-1-3-9-19)30-28-24(29)21-11-5-6-12-22(21)27-18-20-14-16-26-17-15-20/h1-3,5-6,8-9,11-12,14-17,23,27H,4,7,10,13,18,25H2,(H,28,29). The molecule has 156 valence electrons. The molecule has 2 aromatic carbocycles. The van der Waals surface area contributed by atoms with Crippen molar-refractivity contribution in [2.45, 2.75) is 38.5 Å². The van der Waals surface area contributed by atoms with Crippen molar-refractivity contribution in [3.05, 3.63) is 95.8 Å². The molecule has 0 aliphatic carbocycles. The molecule has 4 N–H and O–H groups in total. The highest BCUT2D eigenvalue weighted by molar-refractivity contribution is 5.99. The zero-order valence-electron chi connectivity index (χ0n) is 17.0. The van der Waals surface area contributed by atoms with Crippen molar-refractivity contribution in [3.8, 4) is 0 Å². The number of hydrogen-bond donors (Lipinski definition) is 3. The van der Waals surface area contributed by atoms with Crippen LogP contribution in [0.4, 0.5) is 5.69 Å². The number of aromatic nitrogens is 1. The normalized spacial score (nSPS) is 11.6. The Morgan fingerprint density at radius 2 is 1.67 bits per heavy atom. The summed E-state index contributed by atoms with van der Waals surface area (Å²) in [6, 6.07) is 21.5. The van der Waals surface area contributed by atoms with Gasteiger partial charge in [0.25, 0.3) is 5.91 Å². The van der Waals surface area contributed by atoms with E-state index in [-0.39, 0.29) is 5.91 Å². The molecule has 0 aliphatic heterocycles. The third-order valence-corrected chi connectivity index (χ3v) is 4.75. The largest absolute Gasteiger partial charge is 0.380 e. The Morgan fingerprint density at radius 3 is 2.47 bits per heavy atom. The highest BCUT2D eigenvalue weighted by Gasteiger charge is 2.13. The minimum Gasteiger partial charge on any atom is -0.380 e. The Labute approximate surface area is 177 Å². The van der Waals surface area contributed by atoms with Crippen LogP contribution >= 0.6 is 0 Å². The summed E-state index contributed by atoms with van der Waals surface area (Å²) in [6.45, 7) is 0.592. The number of carbonyl (C=O) groups excluding carboxylic acids is 1. The number of nitrogens with zero attached hydrogens (tertiary/aromatic N) is 1.